The molecule has 0 fully saturated rings. The summed E-state index contributed by atoms with van der Waals surface area (Å²) in [5.41, 5.74) is 1.68. The summed E-state index contributed by atoms with van der Waals surface area (Å²) in [7, 11) is -3.86. The predicted molar refractivity (Wildman–Crippen MR) is 102 cm³/mol. The largest absolute Gasteiger partial charge is 0.360 e. The molecule has 0 spiro atoms. The molecule has 1 aliphatic carbocycles. The van der Waals surface area contributed by atoms with Gasteiger partial charge in [0.15, 0.2) is 5.82 Å². The zero-order valence-corrected chi connectivity index (χ0v) is 16.0. The molecule has 2 aromatic rings. The van der Waals surface area contributed by atoms with Crippen LogP contribution in [0.4, 0.5) is 5.82 Å². The molecule has 1 aromatic heterocycles. The third-order valence-electron chi connectivity index (χ3n) is 4.39. The van der Waals surface area contributed by atoms with Crippen molar-refractivity contribution in [2.24, 2.45) is 0 Å². The minimum atomic E-state index is -3.86. The SMILES string of the molecule is Cc1cc(NS(=O)(=O)c2cccc(C(=O)NCCC3=CCCCC3)c2)no1. The van der Waals surface area contributed by atoms with E-state index in [9.17, 15) is 13.2 Å². The van der Waals surface area contributed by atoms with Crippen molar-refractivity contribution in [3.8, 4) is 0 Å². The number of hydrogen-bond acceptors (Lipinski definition) is 5. The third kappa shape index (κ3) is 5.19. The molecule has 1 amide bonds. The molecule has 0 radical (unpaired) electrons. The Morgan fingerprint density at radius 3 is 2.81 bits per heavy atom. The highest BCUT2D eigenvalue weighted by atomic mass is 32.2. The van der Waals surface area contributed by atoms with E-state index in [1.165, 1.54) is 36.6 Å². The molecule has 0 bridgehead atoms. The number of nitrogens with zero attached hydrogens (tertiary/aromatic N) is 1. The van der Waals surface area contributed by atoms with E-state index in [1.54, 1.807) is 19.1 Å². The van der Waals surface area contributed by atoms with Crippen LogP contribution >= 0.6 is 0 Å². The highest BCUT2D eigenvalue weighted by molar-refractivity contribution is 7.92. The maximum absolute atomic E-state index is 12.5. The first-order chi connectivity index (χ1) is 12.9. The van der Waals surface area contributed by atoms with E-state index in [4.69, 9.17) is 4.52 Å². The number of carbonyl (C=O) groups is 1. The Morgan fingerprint density at radius 1 is 1.26 bits per heavy atom. The normalized spacial score (nSPS) is 14.5. The van der Waals surface area contributed by atoms with Gasteiger partial charge in [-0.25, -0.2) is 8.42 Å². The van der Waals surface area contributed by atoms with E-state index in [1.807, 2.05) is 0 Å². The molecule has 2 N–H and O–H groups in total. The number of aryl methyl sites for hydroxylation is 1. The first kappa shape index (κ1) is 19.2. The maximum Gasteiger partial charge on any atom is 0.263 e. The van der Waals surface area contributed by atoms with Crippen molar-refractivity contribution in [1.82, 2.24) is 10.5 Å². The van der Waals surface area contributed by atoms with E-state index in [0.717, 1.165) is 19.3 Å². The van der Waals surface area contributed by atoms with E-state index in [0.29, 0.717) is 17.9 Å². The Labute approximate surface area is 158 Å². The monoisotopic (exact) mass is 389 g/mol. The van der Waals surface area contributed by atoms with Gasteiger partial charge in [0.1, 0.15) is 5.76 Å². The molecule has 1 aliphatic rings. The molecule has 0 saturated heterocycles. The molecule has 7 nitrogen and oxygen atoms in total. The van der Waals surface area contributed by atoms with Crippen LogP contribution in [-0.4, -0.2) is 26.0 Å². The summed E-state index contributed by atoms with van der Waals surface area (Å²) in [6.07, 6.45) is 7.73. The third-order valence-corrected chi connectivity index (χ3v) is 5.74. The molecule has 0 saturated carbocycles. The highest BCUT2D eigenvalue weighted by Gasteiger charge is 2.18. The van der Waals surface area contributed by atoms with Gasteiger partial charge in [0.05, 0.1) is 4.90 Å². The molecule has 27 heavy (non-hydrogen) atoms. The molecular weight excluding hydrogens is 366 g/mol. The molecule has 1 aromatic carbocycles. The topological polar surface area (TPSA) is 101 Å². The maximum atomic E-state index is 12.5. The van der Waals surface area contributed by atoms with Crippen LogP contribution in [0.5, 0.6) is 0 Å². The van der Waals surface area contributed by atoms with Crippen LogP contribution in [0, 0.1) is 6.92 Å². The molecule has 0 aliphatic heterocycles. The van der Waals surface area contributed by atoms with Crippen molar-refractivity contribution in [3.63, 3.8) is 0 Å². The lowest BCUT2D eigenvalue weighted by molar-refractivity contribution is 0.0954. The van der Waals surface area contributed by atoms with Gasteiger partial charge in [-0.1, -0.05) is 22.9 Å². The molecule has 3 rings (SSSR count). The van der Waals surface area contributed by atoms with Crippen LogP contribution in [-0.2, 0) is 10.0 Å². The van der Waals surface area contributed by atoms with E-state index < -0.39 is 10.0 Å². The van der Waals surface area contributed by atoms with Gasteiger partial charge in [0, 0.05) is 18.2 Å². The average Bonchev–Trinajstić information content (AvgIpc) is 3.06. The van der Waals surface area contributed by atoms with Crippen molar-refractivity contribution >= 4 is 21.7 Å². The quantitative estimate of drug-likeness (QED) is 0.707. The smallest absolute Gasteiger partial charge is 0.263 e. The Bertz CT molecular complexity index is 947. The van der Waals surface area contributed by atoms with Gasteiger partial charge in [0.25, 0.3) is 15.9 Å². The van der Waals surface area contributed by atoms with Crippen molar-refractivity contribution in [3.05, 3.63) is 53.3 Å². The molecule has 0 unspecified atom stereocenters. The average molecular weight is 389 g/mol. The summed E-state index contributed by atoms with van der Waals surface area (Å²) in [6.45, 7) is 2.21. The number of carbonyl (C=O) groups excluding carboxylic acids is 1. The van der Waals surface area contributed by atoms with Crippen molar-refractivity contribution < 1.29 is 17.7 Å². The van der Waals surface area contributed by atoms with Gasteiger partial charge >= 0.3 is 0 Å². The van der Waals surface area contributed by atoms with Gasteiger partial charge in [-0.15, -0.1) is 0 Å². The van der Waals surface area contributed by atoms with Gasteiger partial charge in [-0.05, 0) is 57.2 Å². The number of benzene rings is 1. The van der Waals surface area contributed by atoms with Crippen LogP contribution in [0.15, 0.2) is 51.4 Å². The summed E-state index contributed by atoms with van der Waals surface area (Å²) in [5, 5.41) is 6.47. The number of aromatic nitrogens is 1. The van der Waals surface area contributed by atoms with Gasteiger partial charge in [-0.2, -0.15) is 0 Å². The number of anilines is 1. The fourth-order valence-electron chi connectivity index (χ4n) is 2.99. The standard InChI is InChI=1S/C19H23N3O4S/c1-14-12-18(21-26-14)22-27(24,25)17-9-5-8-16(13-17)19(23)20-11-10-15-6-3-2-4-7-15/h5-6,8-9,12-13H,2-4,7,10-11H2,1H3,(H,20,23)(H,21,22). The molecule has 1 heterocycles. The van der Waals surface area contributed by atoms with Gasteiger partial charge in [0.2, 0.25) is 0 Å². The molecule has 0 atom stereocenters. The Hall–Kier alpha value is -2.61. The summed E-state index contributed by atoms with van der Waals surface area (Å²) in [4.78, 5) is 12.3. The first-order valence-electron chi connectivity index (χ1n) is 8.96. The van der Waals surface area contributed by atoms with Crippen molar-refractivity contribution in [1.29, 1.82) is 0 Å². The number of amides is 1. The summed E-state index contributed by atoms with van der Waals surface area (Å²) >= 11 is 0. The number of hydrogen-bond donors (Lipinski definition) is 2. The predicted octanol–water partition coefficient (Wildman–Crippen LogP) is 3.40. The fourth-order valence-corrected chi connectivity index (χ4v) is 4.02. The zero-order valence-electron chi connectivity index (χ0n) is 15.2. The lowest BCUT2D eigenvalue weighted by Gasteiger charge is -2.13. The molecule has 8 heteroatoms. The summed E-state index contributed by atoms with van der Waals surface area (Å²) in [5.74, 6) is 0.303. The van der Waals surface area contributed by atoms with Crippen LogP contribution in [0.2, 0.25) is 0 Å². The Morgan fingerprint density at radius 2 is 2.11 bits per heavy atom. The number of sulfonamides is 1. The second-order valence-electron chi connectivity index (χ2n) is 6.57. The van der Waals surface area contributed by atoms with Crippen LogP contribution in [0.1, 0.15) is 48.2 Å². The van der Waals surface area contributed by atoms with E-state index in [-0.39, 0.29) is 16.6 Å². The highest BCUT2D eigenvalue weighted by Crippen LogP contribution is 2.20. The molecular formula is C19H23N3O4S. The van der Waals surface area contributed by atoms with Crippen LogP contribution in [0.3, 0.4) is 0 Å². The lowest BCUT2D eigenvalue weighted by atomic mass is 9.97. The minimum Gasteiger partial charge on any atom is -0.360 e. The first-order valence-corrected chi connectivity index (χ1v) is 10.4. The van der Waals surface area contributed by atoms with E-state index >= 15 is 0 Å². The van der Waals surface area contributed by atoms with Crippen molar-refractivity contribution in [2.75, 3.05) is 11.3 Å². The van der Waals surface area contributed by atoms with Crippen LogP contribution < -0.4 is 10.0 Å². The Kier molecular flexibility index (Phi) is 5.95. The summed E-state index contributed by atoms with van der Waals surface area (Å²) in [6, 6.07) is 7.40. The number of rotatable bonds is 7. The number of allylic oxidation sites excluding steroid dienone is 1. The number of nitrogens with one attached hydrogen (secondary N) is 2. The second kappa shape index (κ2) is 8.39. The van der Waals surface area contributed by atoms with Crippen LogP contribution in [0.25, 0.3) is 0 Å². The second-order valence-corrected chi connectivity index (χ2v) is 8.25. The zero-order chi connectivity index (χ0) is 19.3. The fraction of sp³-hybridized carbons (Fsp3) is 0.368. The van der Waals surface area contributed by atoms with E-state index in [2.05, 4.69) is 21.3 Å². The van der Waals surface area contributed by atoms with Gasteiger partial charge < -0.3 is 9.84 Å². The minimum absolute atomic E-state index is 0.00853. The van der Waals surface area contributed by atoms with Crippen molar-refractivity contribution in [2.45, 2.75) is 43.9 Å². The lowest BCUT2D eigenvalue weighted by Crippen LogP contribution is -2.25. The molecule has 144 valence electrons. The Balaban J connectivity index is 1.63. The van der Waals surface area contributed by atoms with Gasteiger partial charge in [-0.3, -0.25) is 9.52 Å². The summed E-state index contributed by atoms with van der Waals surface area (Å²) < 4.78 is 32.1.